The summed E-state index contributed by atoms with van der Waals surface area (Å²) in [4.78, 5) is 0. The molecule has 4 nitrogen and oxygen atoms in total. The van der Waals surface area contributed by atoms with Gasteiger partial charge in [0.05, 0.1) is 6.61 Å². The van der Waals surface area contributed by atoms with Gasteiger partial charge in [0.2, 0.25) is 0 Å². The summed E-state index contributed by atoms with van der Waals surface area (Å²) in [6.07, 6.45) is 0. The van der Waals surface area contributed by atoms with E-state index in [1.807, 2.05) is 171 Å². The third-order valence-electron chi connectivity index (χ3n) is 6.27. The number of benzene rings is 6. The second kappa shape index (κ2) is 18.0. The van der Waals surface area contributed by atoms with E-state index in [1.54, 1.807) is 0 Å². The number of alkyl halides is 1. The summed E-state index contributed by atoms with van der Waals surface area (Å²) in [5.41, 5.74) is 3.10. The molecule has 44 heavy (non-hydrogen) atoms. The molecule has 0 saturated carbocycles. The predicted octanol–water partition coefficient (Wildman–Crippen LogP) is 11.1. The van der Waals surface area contributed by atoms with Crippen LogP contribution in [-0.4, -0.2) is 5.11 Å². The summed E-state index contributed by atoms with van der Waals surface area (Å²) >= 11 is 3.44. The number of ether oxygens (including phenoxy) is 3. The molecule has 5 heteroatoms. The van der Waals surface area contributed by atoms with E-state index in [9.17, 15) is 0 Å². The minimum Gasteiger partial charge on any atom is -0.457 e. The second-order valence-electron chi connectivity index (χ2n) is 9.52. The van der Waals surface area contributed by atoms with Crippen LogP contribution in [0.3, 0.4) is 0 Å². The highest BCUT2D eigenvalue weighted by Gasteiger charge is 2.03. The zero-order valence-corrected chi connectivity index (χ0v) is 26.1. The Bertz CT molecular complexity index is 1570. The van der Waals surface area contributed by atoms with E-state index >= 15 is 0 Å². The van der Waals surface area contributed by atoms with Gasteiger partial charge in [0.15, 0.2) is 0 Å². The smallest absolute Gasteiger partial charge is 0.132 e. The van der Waals surface area contributed by atoms with Crippen LogP contribution in [0.4, 0.5) is 0 Å². The topological polar surface area (TPSA) is 47.9 Å². The SMILES string of the molecule is BrCc1ccccc1Oc1ccccc1.Cc1ccccc1Oc1ccccc1.OCc1ccccc1Oc1ccccc1. The highest BCUT2D eigenvalue weighted by atomic mass is 79.9. The summed E-state index contributed by atoms with van der Waals surface area (Å²) in [5.74, 6) is 5.04. The lowest BCUT2D eigenvalue weighted by atomic mass is 10.2. The van der Waals surface area contributed by atoms with Crippen molar-refractivity contribution < 1.29 is 19.3 Å². The van der Waals surface area contributed by atoms with Crippen molar-refractivity contribution in [3.63, 3.8) is 0 Å². The second-order valence-corrected chi connectivity index (χ2v) is 10.1. The summed E-state index contributed by atoms with van der Waals surface area (Å²) in [6.45, 7) is 2.03. The Labute approximate surface area is 268 Å². The Hall–Kier alpha value is -4.84. The van der Waals surface area contributed by atoms with Crippen molar-refractivity contribution in [2.75, 3.05) is 0 Å². The zero-order chi connectivity index (χ0) is 30.8. The van der Waals surface area contributed by atoms with Crippen molar-refractivity contribution in [2.24, 2.45) is 0 Å². The van der Waals surface area contributed by atoms with Crippen LogP contribution in [-0.2, 0) is 11.9 Å². The van der Waals surface area contributed by atoms with E-state index < -0.39 is 0 Å². The van der Waals surface area contributed by atoms with Crippen molar-refractivity contribution >= 4 is 15.9 Å². The molecule has 0 unspecified atom stereocenters. The molecule has 0 aromatic heterocycles. The van der Waals surface area contributed by atoms with Crippen molar-refractivity contribution in [3.8, 4) is 34.5 Å². The minimum atomic E-state index is -0.0109. The molecule has 0 aliphatic rings. The molecule has 0 fully saturated rings. The Morgan fingerprint density at radius 2 is 0.773 bits per heavy atom. The Morgan fingerprint density at radius 3 is 1.20 bits per heavy atom. The van der Waals surface area contributed by atoms with Crippen molar-refractivity contribution in [1.29, 1.82) is 0 Å². The van der Waals surface area contributed by atoms with Crippen LogP contribution in [0.5, 0.6) is 34.5 Å². The molecule has 1 N–H and O–H groups in total. The highest BCUT2D eigenvalue weighted by molar-refractivity contribution is 9.08. The highest BCUT2D eigenvalue weighted by Crippen LogP contribution is 2.27. The fraction of sp³-hybridized carbons (Fsp3) is 0.0769. The number of aryl methyl sites for hydroxylation is 1. The van der Waals surface area contributed by atoms with Crippen LogP contribution in [0.15, 0.2) is 164 Å². The van der Waals surface area contributed by atoms with Crippen molar-refractivity contribution in [1.82, 2.24) is 0 Å². The molecule has 0 radical (unpaired) electrons. The molecule has 0 aliphatic carbocycles. The first-order valence-electron chi connectivity index (χ1n) is 14.2. The zero-order valence-electron chi connectivity index (χ0n) is 24.6. The Kier molecular flexibility index (Phi) is 13.1. The molecule has 6 rings (SSSR count). The minimum absolute atomic E-state index is 0.0109. The number of aliphatic hydroxyl groups excluding tert-OH is 1. The number of aliphatic hydroxyl groups is 1. The van der Waals surface area contributed by atoms with Gasteiger partial charge in [-0.1, -0.05) is 125 Å². The molecular formula is C39H35BrO4. The third kappa shape index (κ3) is 10.5. The number of para-hydroxylation sites is 6. The molecule has 0 spiro atoms. The van der Waals surface area contributed by atoms with E-state index in [1.165, 1.54) is 0 Å². The monoisotopic (exact) mass is 646 g/mol. The molecule has 6 aromatic carbocycles. The Balaban J connectivity index is 0.000000151. The average molecular weight is 648 g/mol. The van der Waals surface area contributed by atoms with Crippen LogP contribution in [0.1, 0.15) is 16.7 Å². The van der Waals surface area contributed by atoms with Gasteiger partial charge in [0.25, 0.3) is 0 Å². The van der Waals surface area contributed by atoms with E-state index in [0.29, 0.717) is 5.75 Å². The fourth-order valence-electron chi connectivity index (χ4n) is 3.97. The summed E-state index contributed by atoms with van der Waals surface area (Å²) in [7, 11) is 0. The lowest BCUT2D eigenvalue weighted by molar-refractivity contribution is 0.276. The molecule has 0 atom stereocenters. The molecule has 0 saturated heterocycles. The van der Waals surface area contributed by atoms with Gasteiger partial charge in [0, 0.05) is 16.5 Å². The maximum absolute atomic E-state index is 9.12. The van der Waals surface area contributed by atoms with Gasteiger partial charge in [-0.2, -0.15) is 0 Å². The van der Waals surface area contributed by atoms with E-state index in [0.717, 1.165) is 50.8 Å². The first kappa shape index (κ1) is 32.1. The van der Waals surface area contributed by atoms with Crippen LogP contribution >= 0.6 is 15.9 Å². The molecule has 0 aliphatic heterocycles. The normalized spacial score (nSPS) is 9.89. The summed E-state index contributed by atoms with van der Waals surface area (Å²) < 4.78 is 17.1. The van der Waals surface area contributed by atoms with Gasteiger partial charge < -0.3 is 19.3 Å². The van der Waals surface area contributed by atoms with Gasteiger partial charge in [-0.25, -0.2) is 0 Å². The van der Waals surface area contributed by atoms with Crippen LogP contribution < -0.4 is 14.2 Å². The van der Waals surface area contributed by atoms with Crippen LogP contribution in [0.2, 0.25) is 0 Å². The van der Waals surface area contributed by atoms with E-state index in [4.69, 9.17) is 19.3 Å². The number of hydrogen-bond acceptors (Lipinski definition) is 4. The fourth-order valence-corrected chi connectivity index (χ4v) is 4.43. The maximum atomic E-state index is 9.12. The molecular weight excluding hydrogens is 612 g/mol. The lowest BCUT2D eigenvalue weighted by Gasteiger charge is -2.08. The van der Waals surface area contributed by atoms with Crippen molar-refractivity contribution in [3.05, 3.63) is 180 Å². The van der Waals surface area contributed by atoms with Crippen LogP contribution in [0.25, 0.3) is 0 Å². The number of rotatable bonds is 8. The molecule has 0 bridgehead atoms. The lowest BCUT2D eigenvalue weighted by Crippen LogP contribution is -1.90. The number of hydrogen-bond donors (Lipinski definition) is 1. The largest absolute Gasteiger partial charge is 0.457 e. The van der Waals surface area contributed by atoms with Gasteiger partial charge in [-0.05, 0) is 67.1 Å². The van der Waals surface area contributed by atoms with E-state index in [2.05, 4.69) is 15.9 Å². The molecule has 0 heterocycles. The molecule has 6 aromatic rings. The first-order chi connectivity index (χ1) is 21.7. The average Bonchev–Trinajstić information content (AvgIpc) is 3.08. The van der Waals surface area contributed by atoms with Crippen LogP contribution in [0, 0.1) is 6.92 Å². The Morgan fingerprint density at radius 1 is 0.432 bits per heavy atom. The summed E-state index contributed by atoms with van der Waals surface area (Å²) in [5, 5.41) is 9.92. The van der Waals surface area contributed by atoms with Gasteiger partial charge >= 0.3 is 0 Å². The van der Waals surface area contributed by atoms with Gasteiger partial charge in [-0.3, -0.25) is 0 Å². The quantitative estimate of drug-likeness (QED) is 0.167. The van der Waals surface area contributed by atoms with Gasteiger partial charge in [-0.15, -0.1) is 0 Å². The molecule has 222 valence electrons. The first-order valence-corrected chi connectivity index (χ1v) is 15.4. The summed E-state index contributed by atoms with van der Waals surface area (Å²) in [6, 6.07) is 52.6. The molecule has 0 amide bonds. The standard InChI is InChI=1S/C13H11BrO.C13H12O2.C13H12O/c2*14-10-11-6-4-5-9-13(11)15-12-7-2-1-3-8-12;1-11-7-5-6-10-13(11)14-12-8-3-2-4-9-12/h1-9H,10H2;1-9,14H,10H2;2-10H,1H3. The van der Waals surface area contributed by atoms with Crippen molar-refractivity contribution in [2.45, 2.75) is 18.9 Å². The van der Waals surface area contributed by atoms with Gasteiger partial charge in [0.1, 0.15) is 34.5 Å². The van der Waals surface area contributed by atoms with E-state index in [-0.39, 0.29) is 6.61 Å². The number of halogens is 1. The predicted molar refractivity (Wildman–Crippen MR) is 182 cm³/mol. The maximum Gasteiger partial charge on any atom is 0.132 e. The third-order valence-corrected chi connectivity index (χ3v) is 6.87.